The SMILES string of the molecule is CC(CC[C@@H](O)OC1(C)CCOC(O)C1)C1CCC2C3C(O)CC4CC(O)CCC4(C)C3CCC12C. The maximum absolute atomic E-state index is 11.4. The Morgan fingerprint density at radius 3 is 2.36 bits per heavy atom. The van der Waals surface area contributed by atoms with Crippen molar-refractivity contribution in [3.63, 3.8) is 0 Å². The summed E-state index contributed by atoms with van der Waals surface area (Å²) in [5.74, 6) is 3.12. The zero-order valence-corrected chi connectivity index (χ0v) is 23.1. The van der Waals surface area contributed by atoms with Crippen LogP contribution in [0, 0.1) is 46.3 Å². The Labute approximate surface area is 218 Å². The van der Waals surface area contributed by atoms with Crippen LogP contribution in [0.4, 0.5) is 0 Å². The van der Waals surface area contributed by atoms with Crippen molar-refractivity contribution in [2.45, 2.75) is 135 Å². The predicted octanol–water partition coefficient (Wildman–Crippen LogP) is 4.62. The summed E-state index contributed by atoms with van der Waals surface area (Å²) in [5, 5.41) is 42.3. The van der Waals surface area contributed by atoms with Crippen LogP contribution in [0.15, 0.2) is 0 Å². The van der Waals surface area contributed by atoms with Crippen LogP contribution in [0.3, 0.4) is 0 Å². The smallest absolute Gasteiger partial charge is 0.157 e. The Kier molecular flexibility index (Phi) is 7.64. The van der Waals surface area contributed by atoms with Crippen LogP contribution in [0.1, 0.15) is 105 Å². The Morgan fingerprint density at radius 2 is 1.61 bits per heavy atom. The number of hydrogen-bond acceptors (Lipinski definition) is 6. The highest BCUT2D eigenvalue weighted by Crippen LogP contribution is 2.68. The third kappa shape index (κ3) is 4.81. The molecule has 4 N–H and O–H groups in total. The van der Waals surface area contributed by atoms with E-state index in [2.05, 4.69) is 20.8 Å². The molecule has 4 saturated carbocycles. The normalized spacial score (nSPS) is 52.7. The fourth-order valence-electron chi connectivity index (χ4n) is 10.2. The first-order valence-corrected chi connectivity index (χ1v) is 15.0. The van der Waals surface area contributed by atoms with Crippen LogP contribution in [0.2, 0.25) is 0 Å². The summed E-state index contributed by atoms with van der Waals surface area (Å²) in [6, 6.07) is 0. The molecule has 0 aromatic rings. The largest absolute Gasteiger partial charge is 0.393 e. The third-order valence-electron chi connectivity index (χ3n) is 12.3. The van der Waals surface area contributed by atoms with E-state index in [9.17, 15) is 20.4 Å². The Hall–Kier alpha value is -0.240. The molecule has 0 spiro atoms. The number of aliphatic hydroxyl groups excluding tert-OH is 4. The van der Waals surface area contributed by atoms with Crippen molar-refractivity contribution >= 4 is 0 Å². The predicted molar refractivity (Wildman–Crippen MR) is 138 cm³/mol. The van der Waals surface area contributed by atoms with Crippen molar-refractivity contribution in [2.75, 3.05) is 6.61 Å². The van der Waals surface area contributed by atoms with Crippen molar-refractivity contribution in [3.05, 3.63) is 0 Å². The summed E-state index contributed by atoms with van der Waals surface area (Å²) in [6.07, 6.45) is 9.20. The zero-order valence-electron chi connectivity index (χ0n) is 23.1. The molecule has 1 saturated heterocycles. The van der Waals surface area contributed by atoms with Gasteiger partial charge in [-0.05, 0) is 124 Å². The minimum Gasteiger partial charge on any atom is -0.393 e. The minimum absolute atomic E-state index is 0.184. The molecule has 0 aromatic carbocycles. The molecule has 1 heterocycles. The fourth-order valence-corrected chi connectivity index (χ4v) is 10.2. The average molecular weight is 509 g/mol. The van der Waals surface area contributed by atoms with E-state index in [4.69, 9.17) is 9.47 Å². The second-order valence-corrected chi connectivity index (χ2v) is 14.3. The number of hydrogen-bond donors (Lipinski definition) is 4. The van der Waals surface area contributed by atoms with E-state index >= 15 is 0 Å². The Morgan fingerprint density at radius 1 is 0.889 bits per heavy atom. The summed E-state index contributed by atoms with van der Waals surface area (Å²) < 4.78 is 11.2. The Bertz CT molecular complexity index is 777. The van der Waals surface area contributed by atoms with E-state index in [1.54, 1.807) is 0 Å². The summed E-state index contributed by atoms with van der Waals surface area (Å²) in [4.78, 5) is 0. The van der Waals surface area contributed by atoms with Crippen molar-refractivity contribution in [1.29, 1.82) is 0 Å². The van der Waals surface area contributed by atoms with Gasteiger partial charge in [-0.3, -0.25) is 0 Å². The molecule has 36 heavy (non-hydrogen) atoms. The van der Waals surface area contributed by atoms with Gasteiger partial charge in [-0.15, -0.1) is 0 Å². The van der Waals surface area contributed by atoms with Gasteiger partial charge < -0.3 is 29.9 Å². The molecule has 208 valence electrons. The van der Waals surface area contributed by atoms with Gasteiger partial charge in [0.25, 0.3) is 0 Å². The monoisotopic (exact) mass is 508 g/mol. The van der Waals surface area contributed by atoms with Crippen LogP contribution in [0.5, 0.6) is 0 Å². The molecule has 5 rings (SSSR count). The number of aliphatic hydroxyl groups is 4. The van der Waals surface area contributed by atoms with Crippen molar-refractivity contribution in [3.8, 4) is 0 Å². The lowest BCUT2D eigenvalue weighted by Crippen LogP contribution is -2.58. The van der Waals surface area contributed by atoms with Gasteiger partial charge >= 0.3 is 0 Å². The van der Waals surface area contributed by atoms with Gasteiger partial charge in [0.2, 0.25) is 0 Å². The highest BCUT2D eigenvalue weighted by Gasteiger charge is 2.62. The standard InChI is InChI=1S/C30H52O6/c1-18(5-8-25(33)36-28(2)13-14-35-26(34)17-28)21-6-7-22-27-23(10-12-30(21,22)4)29(3)11-9-20(31)15-19(29)16-24(27)32/h18-27,31-34H,5-17H2,1-4H3/t18?,19?,20?,21?,22?,23?,24?,25-,26?,27?,28?,29?,30?/m0/s1. The lowest BCUT2D eigenvalue weighted by Gasteiger charge is -2.62. The second-order valence-electron chi connectivity index (χ2n) is 14.3. The molecule has 6 heteroatoms. The fraction of sp³-hybridized carbons (Fsp3) is 1.00. The molecule has 0 bridgehead atoms. The van der Waals surface area contributed by atoms with Gasteiger partial charge in [-0.1, -0.05) is 20.8 Å². The summed E-state index contributed by atoms with van der Waals surface area (Å²) in [7, 11) is 0. The van der Waals surface area contributed by atoms with Crippen molar-refractivity contribution < 1.29 is 29.9 Å². The quantitative estimate of drug-likeness (QED) is 0.391. The molecular weight excluding hydrogens is 456 g/mol. The molecular formula is C30H52O6. The van der Waals surface area contributed by atoms with Crippen LogP contribution < -0.4 is 0 Å². The van der Waals surface area contributed by atoms with Crippen LogP contribution in [-0.4, -0.2) is 57.4 Å². The Balaban J connectivity index is 1.21. The van der Waals surface area contributed by atoms with Gasteiger partial charge in [0.15, 0.2) is 12.6 Å². The molecule has 0 amide bonds. The third-order valence-corrected chi connectivity index (χ3v) is 12.3. The number of ether oxygens (including phenoxy) is 2. The van der Waals surface area contributed by atoms with E-state index in [0.717, 1.165) is 32.1 Å². The van der Waals surface area contributed by atoms with Crippen LogP contribution in [-0.2, 0) is 9.47 Å². The van der Waals surface area contributed by atoms with Gasteiger partial charge in [-0.25, -0.2) is 0 Å². The molecule has 4 aliphatic carbocycles. The van der Waals surface area contributed by atoms with Crippen molar-refractivity contribution in [2.24, 2.45) is 46.3 Å². The van der Waals surface area contributed by atoms with Crippen LogP contribution >= 0.6 is 0 Å². The zero-order chi connectivity index (χ0) is 25.9. The topological polar surface area (TPSA) is 99.4 Å². The molecule has 6 nitrogen and oxygen atoms in total. The minimum atomic E-state index is -0.817. The number of fused-ring (bicyclic) bond motifs is 5. The summed E-state index contributed by atoms with van der Waals surface area (Å²) in [5.41, 5.74) is -0.0195. The van der Waals surface area contributed by atoms with Gasteiger partial charge in [0.1, 0.15) is 0 Å². The average Bonchev–Trinajstić information content (AvgIpc) is 3.15. The molecule has 1 aliphatic heterocycles. The summed E-state index contributed by atoms with van der Waals surface area (Å²) in [6.45, 7) is 9.75. The molecule has 5 aliphatic rings. The first-order chi connectivity index (χ1) is 16.9. The molecule has 12 unspecified atom stereocenters. The van der Waals surface area contributed by atoms with E-state index in [1.165, 1.54) is 25.7 Å². The first kappa shape index (κ1) is 27.3. The van der Waals surface area contributed by atoms with Crippen molar-refractivity contribution in [1.82, 2.24) is 0 Å². The van der Waals surface area contributed by atoms with E-state index in [-0.39, 0.29) is 23.0 Å². The molecule has 5 fully saturated rings. The van der Waals surface area contributed by atoms with E-state index < -0.39 is 18.2 Å². The van der Waals surface area contributed by atoms with E-state index in [0.29, 0.717) is 61.4 Å². The molecule has 0 radical (unpaired) electrons. The van der Waals surface area contributed by atoms with Gasteiger partial charge in [0.05, 0.1) is 24.4 Å². The lowest BCUT2D eigenvalue weighted by atomic mass is 9.43. The lowest BCUT2D eigenvalue weighted by molar-refractivity contribution is -0.245. The maximum Gasteiger partial charge on any atom is 0.157 e. The molecule has 0 aromatic heterocycles. The highest BCUT2D eigenvalue weighted by molar-refractivity contribution is 5.11. The second kappa shape index (κ2) is 10.1. The molecule has 13 atom stereocenters. The summed E-state index contributed by atoms with van der Waals surface area (Å²) >= 11 is 0. The highest BCUT2D eigenvalue weighted by atomic mass is 16.6. The number of rotatable bonds is 6. The van der Waals surface area contributed by atoms with Gasteiger partial charge in [-0.2, -0.15) is 0 Å². The van der Waals surface area contributed by atoms with Crippen LogP contribution in [0.25, 0.3) is 0 Å². The maximum atomic E-state index is 11.4. The van der Waals surface area contributed by atoms with E-state index in [1.807, 2.05) is 6.92 Å². The first-order valence-electron chi connectivity index (χ1n) is 15.0. The van der Waals surface area contributed by atoms with Gasteiger partial charge in [0, 0.05) is 6.42 Å².